The van der Waals surface area contributed by atoms with E-state index in [1.807, 2.05) is 97.1 Å². The van der Waals surface area contributed by atoms with Crippen LogP contribution in [0.1, 0.15) is 11.6 Å². The molecule has 0 radical (unpaired) electrons. The fourth-order valence-corrected chi connectivity index (χ4v) is 4.95. The summed E-state index contributed by atoms with van der Waals surface area (Å²) < 4.78 is 5.42. The Hall–Kier alpha value is -4.16. The van der Waals surface area contributed by atoms with Crippen molar-refractivity contribution in [3.8, 4) is 5.75 Å². The highest BCUT2D eigenvalue weighted by atomic mass is 16.7. The minimum Gasteiger partial charge on any atom is -0.497 e. The highest BCUT2D eigenvalue weighted by Gasteiger charge is 2.60. The standard InChI is InChI=1S/C28H22N2O4/c1-33-23-13-7-10-20(17-23)25-24-26(34-30(25)21-11-3-2-4-12-21)28(32)29(27(24)31)22-15-14-18-8-5-6-9-19(18)16-22/h2-17,24-26H,1H3/t24-,25+,26+/m0/s1. The third-order valence-corrected chi connectivity index (χ3v) is 6.55. The molecule has 0 saturated carbocycles. The van der Waals surface area contributed by atoms with Crippen molar-refractivity contribution in [1.82, 2.24) is 0 Å². The van der Waals surface area contributed by atoms with Crippen LogP contribution in [0, 0.1) is 5.92 Å². The molecule has 4 aromatic rings. The number of fused-ring (bicyclic) bond motifs is 2. The maximum Gasteiger partial charge on any atom is 0.266 e. The monoisotopic (exact) mass is 450 g/mol. The molecule has 2 amide bonds. The molecule has 3 atom stereocenters. The Morgan fingerprint density at radius 2 is 1.50 bits per heavy atom. The highest BCUT2D eigenvalue weighted by molar-refractivity contribution is 6.24. The summed E-state index contributed by atoms with van der Waals surface area (Å²) in [6.45, 7) is 0. The summed E-state index contributed by atoms with van der Waals surface area (Å²) in [6, 6.07) is 30.1. The van der Waals surface area contributed by atoms with Crippen molar-refractivity contribution in [3.05, 3.63) is 103 Å². The number of hydrogen-bond donors (Lipinski definition) is 0. The van der Waals surface area contributed by atoms with Gasteiger partial charge in [-0.25, -0.2) is 9.96 Å². The van der Waals surface area contributed by atoms with Gasteiger partial charge in [-0.2, -0.15) is 0 Å². The second-order valence-electron chi connectivity index (χ2n) is 8.48. The summed E-state index contributed by atoms with van der Waals surface area (Å²) in [7, 11) is 1.60. The van der Waals surface area contributed by atoms with Gasteiger partial charge in [0.15, 0.2) is 6.10 Å². The highest BCUT2D eigenvalue weighted by Crippen LogP contribution is 2.48. The maximum atomic E-state index is 13.8. The number of carbonyl (C=O) groups is 2. The first-order valence-corrected chi connectivity index (χ1v) is 11.2. The van der Waals surface area contributed by atoms with Crippen LogP contribution in [0.3, 0.4) is 0 Å². The number of methoxy groups -OCH3 is 1. The average Bonchev–Trinajstić information content (AvgIpc) is 3.40. The number of nitrogens with zero attached hydrogens (tertiary/aromatic N) is 2. The third-order valence-electron chi connectivity index (χ3n) is 6.55. The SMILES string of the molecule is COc1cccc([C@@H]2[C@@H]3C(=O)N(c4ccc5ccccc5c4)C(=O)[C@@H]3ON2c2ccccc2)c1. The fourth-order valence-electron chi connectivity index (χ4n) is 4.95. The van der Waals surface area contributed by atoms with Crippen molar-refractivity contribution < 1.29 is 19.2 Å². The molecule has 0 aliphatic carbocycles. The lowest BCUT2D eigenvalue weighted by atomic mass is 9.90. The summed E-state index contributed by atoms with van der Waals surface area (Å²) in [4.78, 5) is 34.8. The number of hydroxylamine groups is 1. The van der Waals surface area contributed by atoms with Gasteiger partial charge in [0.25, 0.3) is 5.91 Å². The largest absolute Gasteiger partial charge is 0.497 e. The predicted octanol–water partition coefficient (Wildman–Crippen LogP) is 4.90. The molecular formula is C28H22N2O4. The molecule has 0 N–H and O–H groups in total. The van der Waals surface area contributed by atoms with E-state index >= 15 is 0 Å². The van der Waals surface area contributed by atoms with Crippen LogP contribution >= 0.6 is 0 Å². The Balaban J connectivity index is 1.44. The van der Waals surface area contributed by atoms with E-state index in [4.69, 9.17) is 9.57 Å². The lowest BCUT2D eigenvalue weighted by Gasteiger charge is -2.29. The zero-order valence-electron chi connectivity index (χ0n) is 18.5. The third kappa shape index (κ3) is 3.15. The van der Waals surface area contributed by atoms with Crippen molar-refractivity contribution in [2.24, 2.45) is 5.92 Å². The van der Waals surface area contributed by atoms with E-state index in [1.165, 1.54) is 4.90 Å². The summed E-state index contributed by atoms with van der Waals surface area (Å²) in [5.41, 5.74) is 2.18. The molecule has 2 fully saturated rings. The zero-order chi connectivity index (χ0) is 23.2. The Kier molecular flexibility index (Phi) is 4.81. The summed E-state index contributed by atoms with van der Waals surface area (Å²) in [5, 5.41) is 3.71. The maximum absolute atomic E-state index is 13.8. The van der Waals surface area contributed by atoms with Crippen molar-refractivity contribution in [2.75, 3.05) is 17.1 Å². The van der Waals surface area contributed by atoms with Crippen molar-refractivity contribution >= 4 is 34.0 Å². The molecule has 2 aliphatic heterocycles. The van der Waals surface area contributed by atoms with E-state index in [-0.39, 0.29) is 11.8 Å². The molecule has 168 valence electrons. The van der Waals surface area contributed by atoms with Gasteiger partial charge in [0.05, 0.1) is 24.5 Å². The molecule has 0 spiro atoms. The van der Waals surface area contributed by atoms with Crippen LogP contribution in [0.4, 0.5) is 11.4 Å². The molecule has 0 aromatic heterocycles. The van der Waals surface area contributed by atoms with Gasteiger partial charge in [-0.05, 0) is 52.7 Å². The van der Waals surface area contributed by atoms with Crippen molar-refractivity contribution in [2.45, 2.75) is 12.1 Å². The van der Waals surface area contributed by atoms with E-state index in [2.05, 4.69) is 0 Å². The minimum atomic E-state index is -0.907. The van der Waals surface area contributed by atoms with Gasteiger partial charge < -0.3 is 4.74 Å². The van der Waals surface area contributed by atoms with Gasteiger partial charge in [0, 0.05) is 0 Å². The molecule has 2 saturated heterocycles. The molecule has 0 bridgehead atoms. The van der Waals surface area contributed by atoms with Crippen LogP contribution in [0.5, 0.6) is 5.75 Å². The van der Waals surface area contributed by atoms with E-state index < -0.39 is 18.1 Å². The second kappa shape index (κ2) is 8.01. The topological polar surface area (TPSA) is 59.1 Å². The Morgan fingerprint density at radius 3 is 2.29 bits per heavy atom. The van der Waals surface area contributed by atoms with Gasteiger partial charge in [0.2, 0.25) is 5.91 Å². The van der Waals surface area contributed by atoms with Crippen molar-refractivity contribution in [3.63, 3.8) is 0 Å². The molecule has 6 nitrogen and oxygen atoms in total. The number of carbonyl (C=O) groups excluding carboxylic acids is 2. The van der Waals surface area contributed by atoms with Gasteiger partial charge in [-0.3, -0.25) is 14.4 Å². The molecule has 6 rings (SSSR count). The number of para-hydroxylation sites is 1. The summed E-state index contributed by atoms with van der Waals surface area (Å²) >= 11 is 0. The first-order chi connectivity index (χ1) is 16.7. The van der Waals surface area contributed by atoms with Crippen LogP contribution in [0.15, 0.2) is 97.1 Å². The van der Waals surface area contributed by atoms with Crippen molar-refractivity contribution in [1.29, 1.82) is 0 Å². The smallest absolute Gasteiger partial charge is 0.266 e. The molecule has 2 heterocycles. The van der Waals surface area contributed by atoms with E-state index in [0.717, 1.165) is 22.0 Å². The number of imide groups is 1. The zero-order valence-corrected chi connectivity index (χ0v) is 18.5. The van der Waals surface area contributed by atoms with Crippen LogP contribution in [-0.4, -0.2) is 25.0 Å². The molecule has 6 heteroatoms. The van der Waals surface area contributed by atoms with E-state index in [9.17, 15) is 9.59 Å². The average molecular weight is 450 g/mol. The van der Waals surface area contributed by atoms with Crippen LogP contribution in [0.25, 0.3) is 10.8 Å². The normalized spacial score (nSPS) is 21.9. The summed E-state index contributed by atoms with van der Waals surface area (Å²) in [5.74, 6) is -0.628. The summed E-state index contributed by atoms with van der Waals surface area (Å²) in [6.07, 6.45) is -0.907. The van der Waals surface area contributed by atoms with E-state index in [0.29, 0.717) is 11.4 Å². The van der Waals surface area contributed by atoms with Gasteiger partial charge >= 0.3 is 0 Å². The molecule has 0 unspecified atom stereocenters. The van der Waals surface area contributed by atoms with Crippen LogP contribution in [-0.2, 0) is 14.4 Å². The van der Waals surface area contributed by atoms with Gasteiger partial charge in [0.1, 0.15) is 11.7 Å². The Morgan fingerprint density at radius 1 is 0.735 bits per heavy atom. The van der Waals surface area contributed by atoms with Gasteiger partial charge in [-0.15, -0.1) is 0 Å². The number of anilines is 2. The fraction of sp³-hybridized carbons (Fsp3) is 0.143. The molecule has 4 aromatic carbocycles. The number of amides is 2. The molecular weight excluding hydrogens is 428 g/mol. The van der Waals surface area contributed by atoms with Gasteiger partial charge in [-0.1, -0.05) is 60.7 Å². The van der Waals surface area contributed by atoms with Crippen LogP contribution in [0.2, 0.25) is 0 Å². The Labute approximate surface area is 196 Å². The first kappa shape index (κ1) is 20.4. The second-order valence-corrected chi connectivity index (χ2v) is 8.48. The molecule has 2 aliphatic rings. The molecule has 34 heavy (non-hydrogen) atoms. The van der Waals surface area contributed by atoms with E-state index in [1.54, 1.807) is 12.2 Å². The predicted molar refractivity (Wildman–Crippen MR) is 129 cm³/mol. The number of hydrogen-bond acceptors (Lipinski definition) is 5. The quantitative estimate of drug-likeness (QED) is 0.414. The van der Waals surface area contributed by atoms with Crippen LogP contribution < -0.4 is 14.7 Å². The lowest BCUT2D eigenvalue weighted by Crippen LogP contribution is -2.37. The lowest BCUT2D eigenvalue weighted by molar-refractivity contribution is -0.126. The number of benzene rings is 4. The minimum absolute atomic E-state index is 0.267. The number of ether oxygens (including phenoxy) is 1. The first-order valence-electron chi connectivity index (χ1n) is 11.2. The number of rotatable bonds is 4. The Bertz CT molecular complexity index is 1400.